The number of benzene rings is 1. The van der Waals surface area contributed by atoms with Crippen LogP contribution in [0.3, 0.4) is 0 Å². The normalized spacial score (nSPS) is 11.3. The van der Waals surface area contributed by atoms with Gasteiger partial charge >= 0.3 is 0 Å². The molecular weight excluding hydrogens is 453 g/mol. The van der Waals surface area contributed by atoms with E-state index in [0.29, 0.717) is 12.5 Å². The first-order valence-corrected chi connectivity index (χ1v) is 9.09. The van der Waals surface area contributed by atoms with Crippen molar-refractivity contribution < 1.29 is 4.74 Å². The van der Waals surface area contributed by atoms with Crippen LogP contribution in [0.2, 0.25) is 0 Å². The zero-order chi connectivity index (χ0) is 19.1. The fourth-order valence-electron chi connectivity index (χ4n) is 2.86. The number of guanidine groups is 1. The molecule has 1 aromatic carbocycles. The molecule has 0 unspecified atom stereocenters. The molecule has 0 aliphatic rings. The predicted octanol–water partition coefficient (Wildman–Crippen LogP) is 3.77. The molecule has 1 heterocycles. The van der Waals surface area contributed by atoms with Gasteiger partial charge in [0.25, 0.3) is 0 Å². The van der Waals surface area contributed by atoms with Crippen LogP contribution in [0.25, 0.3) is 0 Å². The molecule has 1 aromatic heterocycles. The molecule has 0 saturated heterocycles. The zero-order valence-electron chi connectivity index (χ0n) is 17.2. The summed E-state index contributed by atoms with van der Waals surface area (Å²) in [6.07, 6.45) is 2.10. The van der Waals surface area contributed by atoms with E-state index in [2.05, 4.69) is 49.3 Å². The van der Waals surface area contributed by atoms with Crippen LogP contribution >= 0.6 is 24.0 Å². The molecule has 0 fully saturated rings. The summed E-state index contributed by atoms with van der Waals surface area (Å²) in [5.74, 6) is 2.15. The van der Waals surface area contributed by atoms with Crippen LogP contribution in [-0.4, -0.2) is 41.3 Å². The van der Waals surface area contributed by atoms with Gasteiger partial charge in [-0.15, -0.1) is 24.0 Å². The van der Waals surface area contributed by atoms with Gasteiger partial charge in [0.2, 0.25) is 0 Å². The Balaban J connectivity index is 0.00000364. The van der Waals surface area contributed by atoms with Gasteiger partial charge < -0.3 is 15.0 Å². The van der Waals surface area contributed by atoms with Crippen LogP contribution in [0.15, 0.2) is 35.5 Å². The fourth-order valence-corrected chi connectivity index (χ4v) is 2.86. The molecule has 6 nitrogen and oxygen atoms in total. The summed E-state index contributed by atoms with van der Waals surface area (Å²) in [5, 5.41) is 7.97. The van der Waals surface area contributed by atoms with Gasteiger partial charge in [-0.05, 0) is 30.5 Å². The van der Waals surface area contributed by atoms with Crippen molar-refractivity contribution in [2.45, 2.75) is 39.8 Å². The van der Waals surface area contributed by atoms with E-state index >= 15 is 0 Å². The third kappa shape index (κ3) is 6.71. The molecule has 1 N–H and O–H groups in total. The maximum absolute atomic E-state index is 5.21. The molecule has 0 amide bonds. The maximum Gasteiger partial charge on any atom is 0.194 e. The molecule has 0 aliphatic heterocycles. The van der Waals surface area contributed by atoms with Crippen LogP contribution in [0.4, 0.5) is 0 Å². The summed E-state index contributed by atoms with van der Waals surface area (Å²) < 4.78 is 7.09. The monoisotopic (exact) mass is 485 g/mol. The molecule has 0 bridgehead atoms. The number of nitrogens with zero attached hydrogens (tertiary/aromatic N) is 4. The maximum atomic E-state index is 5.21. The van der Waals surface area contributed by atoms with E-state index in [1.54, 1.807) is 7.11 Å². The van der Waals surface area contributed by atoms with Crippen molar-refractivity contribution in [1.29, 1.82) is 0 Å². The molecule has 7 heteroatoms. The fraction of sp³-hybridized carbons (Fsp3) is 0.500. The first-order valence-electron chi connectivity index (χ1n) is 9.09. The highest BCUT2D eigenvalue weighted by Crippen LogP contribution is 2.18. The third-order valence-electron chi connectivity index (χ3n) is 4.16. The van der Waals surface area contributed by atoms with Crippen molar-refractivity contribution in [3.8, 4) is 5.75 Å². The minimum absolute atomic E-state index is 0. The summed E-state index contributed by atoms with van der Waals surface area (Å²) in [6.45, 7) is 8.66. The molecule has 2 rings (SSSR count). The highest BCUT2D eigenvalue weighted by Gasteiger charge is 2.15. The second-order valence-corrected chi connectivity index (χ2v) is 6.74. The Kier molecular flexibility index (Phi) is 9.62. The van der Waals surface area contributed by atoms with E-state index in [0.717, 1.165) is 36.1 Å². The number of hydrogen-bond donors (Lipinski definition) is 1. The van der Waals surface area contributed by atoms with Gasteiger partial charge in [-0.25, -0.2) is 4.99 Å². The molecule has 150 valence electrons. The SMILES string of the molecule is CCNC(=NCc1ccc(OC)cc1)N(C)Cc1cn(C)nc1C(C)C.I. The lowest BCUT2D eigenvalue weighted by molar-refractivity contribution is 0.414. The molecule has 27 heavy (non-hydrogen) atoms. The van der Waals surface area contributed by atoms with E-state index in [1.165, 1.54) is 5.56 Å². The molecule has 0 radical (unpaired) electrons. The Bertz CT molecular complexity index is 724. The van der Waals surface area contributed by atoms with Crippen molar-refractivity contribution in [2.24, 2.45) is 12.0 Å². The Morgan fingerprint density at radius 3 is 2.52 bits per heavy atom. The number of rotatable bonds is 7. The number of halogens is 1. The van der Waals surface area contributed by atoms with Crippen LogP contribution in [0.1, 0.15) is 43.5 Å². The Morgan fingerprint density at radius 1 is 1.30 bits per heavy atom. The number of aromatic nitrogens is 2. The van der Waals surface area contributed by atoms with E-state index in [1.807, 2.05) is 36.0 Å². The van der Waals surface area contributed by atoms with Crippen LogP contribution in [0.5, 0.6) is 5.75 Å². The number of methoxy groups -OCH3 is 1. The highest BCUT2D eigenvalue weighted by molar-refractivity contribution is 14.0. The van der Waals surface area contributed by atoms with Crippen molar-refractivity contribution in [2.75, 3.05) is 20.7 Å². The largest absolute Gasteiger partial charge is 0.497 e. The van der Waals surface area contributed by atoms with Gasteiger partial charge in [0.1, 0.15) is 5.75 Å². The van der Waals surface area contributed by atoms with E-state index in [4.69, 9.17) is 9.73 Å². The van der Waals surface area contributed by atoms with Crippen molar-refractivity contribution in [3.63, 3.8) is 0 Å². The Hall–Kier alpha value is -1.77. The summed E-state index contributed by atoms with van der Waals surface area (Å²) in [5.41, 5.74) is 3.53. The zero-order valence-corrected chi connectivity index (χ0v) is 19.5. The molecule has 2 aromatic rings. The number of ether oxygens (including phenoxy) is 1. The smallest absolute Gasteiger partial charge is 0.194 e. The minimum Gasteiger partial charge on any atom is -0.497 e. The van der Waals surface area contributed by atoms with Crippen LogP contribution in [0, 0.1) is 0 Å². The minimum atomic E-state index is 0. The van der Waals surface area contributed by atoms with Crippen LogP contribution in [-0.2, 0) is 20.1 Å². The first-order chi connectivity index (χ1) is 12.4. The average Bonchev–Trinajstić information content (AvgIpc) is 2.99. The quantitative estimate of drug-likeness (QED) is 0.369. The topological polar surface area (TPSA) is 54.7 Å². The summed E-state index contributed by atoms with van der Waals surface area (Å²) >= 11 is 0. The number of aliphatic imine (C=N–C) groups is 1. The summed E-state index contributed by atoms with van der Waals surface area (Å²) in [6, 6.07) is 8.02. The molecule has 0 spiro atoms. The standard InChI is InChI=1S/C20H31N5O.HI/c1-7-21-20(22-12-16-8-10-18(26-6)11-9-16)24(4)13-17-14-25(5)23-19(17)15(2)3;/h8-11,14-15H,7,12-13H2,1-6H3,(H,21,22);1H. The van der Waals surface area contributed by atoms with E-state index < -0.39 is 0 Å². The number of nitrogens with one attached hydrogen (secondary N) is 1. The van der Waals surface area contributed by atoms with Gasteiger partial charge in [-0.2, -0.15) is 5.10 Å². The number of aryl methyl sites for hydroxylation is 1. The van der Waals surface area contributed by atoms with Crippen molar-refractivity contribution in [3.05, 3.63) is 47.3 Å². The van der Waals surface area contributed by atoms with Crippen molar-refractivity contribution >= 4 is 29.9 Å². The molecule has 0 saturated carbocycles. The van der Waals surface area contributed by atoms with Crippen molar-refractivity contribution in [1.82, 2.24) is 20.0 Å². The predicted molar refractivity (Wildman–Crippen MR) is 122 cm³/mol. The van der Waals surface area contributed by atoms with Gasteiger partial charge in [0.15, 0.2) is 5.96 Å². The molecular formula is C20H32IN5O. The van der Waals surface area contributed by atoms with Gasteiger partial charge in [0.05, 0.1) is 19.3 Å². The lowest BCUT2D eigenvalue weighted by Crippen LogP contribution is -2.38. The third-order valence-corrected chi connectivity index (χ3v) is 4.16. The number of hydrogen-bond acceptors (Lipinski definition) is 3. The van der Waals surface area contributed by atoms with E-state index in [9.17, 15) is 0 Å². The highest BCUT2D eigenvalue weighted by atomic mass is 127. The van der Waals surface area contributed by atoms with Gasteiger partial charge in [-0.1, -0.05) is 26.0 Å². The first kappa shape index (κ1) is 23.3. The Labute approximate surface area is 180 Å². The van der Waals surface area contributed by atoms with Gasteiger partial charge in [0, 0.05) is 38.9 Å². The molecule has 0 aliphatic carbocycles. The second kappa shape index (κ2) is 11.2. The average molecular weight is 485 g/mol. The Morgan fingerprint density at radius 2 is 1.96 bits per heavy atom. The second-order valence-electron chi connectivity index (χ2n) is 6.74. The lowest BCUT2D eigenvalue weighted by Gasteiger charge is -2.22. The van der Waals surface area contributed by atoms with Gasteiger partial charge in [-0.3, -0.25) is 4.68 Å². The molecule has 0 atom stereocenters. The summed E-state index contributed by atoms with van der Waals surface area (Å²) in [7, 11) is 5.71. The summed E-state index contributed by atoms with van der Waals surface area (Å²) in [4.78, 5) is 6.93. The lowest BCUT2D eigenvalue weighted by atomic mass is 10.1. The van der Waals surface area contributed by atoms with E-state index in [-0.39, 0.29) is 24.0 Å². The van der Waals surface area contributed by atoms with Crippen LogP contribution < -0.4 is 10.1 Å².